The van der Waals surface area contributed by atoms with Crippen molar-refractivity contribution in [2.75, 3.05) is 13.2 Å². The van der Waals surface area contributed by atoms with Crippen LogP contribution in [0.15, 0.2) is 36.4 Å². The molecular weight excluding hydrogens is 447 g/mol. The van der Waals surface area contributed by atoms with Gasteiger partial charge in [0, 0.05) is 23.1 Å². The summed E-state index contributed by atoms with van der Waals surface area (Å²) in [7, 11) is 0. The molecule has 0 radical (unpaired) electrons. The molecule has 2 amide bonds. The summed E-state index contributed by atoms with van der Waals surface area (Å²) >= 11 is 12.6. The van der Waals surface area contributed by atoms with Gasteiger partial charge < -0.3 is 15.0 Å². The second-order valence-electron chi connectivity index (χ2n) is 8.34. The van der Waals surface area contributed by atoms with Crippen molar-refractivity contribution in [2.24, 2.45) is 5.92 Å². The zero-order valence-electron chi connectivity index (χ0n) is 19.4. The Labute approximate surface area is 201 Å². The minimum Gasteiger partial charge on any atom is -0.484 e. The molecule has 7 heteroatoms. The van der Waals surface area contributed by atoms with Crippen molar-refractivity contribution >= 4 is 35.0 Å². The van der Waals surface area contributed by atoms with E-state index in [0.29, 0.717) is 34.7 Å². The maximum absolute atomic E-state index is 13.3. The standard InChI is InChI=1S/C25H32Cl2N2O3/c1-6-22(25(31)28-13-16(2)3)29(14-19-9-7-8-10-21(19)26)23(30)15-32-20-11-17(4)24(27)18(5)12-20/h7-12,16,22H,6,13-15H2,1-5H3,(H,28,31)/t22-/m1/s1. The fraction of sp³-hybridized carbons (Fsp3) is 0.440. The third kappa shape index (κ3) is 7.14. The van der Waals surface area contributed by atoms with Crippen molar-refractivity contribution in [1.29, 1.82) is 0 Å². The van der Waals surface area contributed by atoms with Gasteiger partial charge in [0.25, 0.3) is 5.91 Å². The van der Waals surface area contributed by atoms with Crippen molar-refractivity contribution in [1.82, 2.24) is 10.2 Å². The zero-order chi connectivity index (χ0) is 23.8. The van der Waals surface area contributed by atoms with Gasteiger partial charge in [-0.2, -0.15) is 0 Å². The summed E-state index contributed by atoms with van der Waals surface area (Å²) in [6.07, 6.45) is 0.472. The SMILES string of the molecule is CC[C@H](C(=O)NCC(C)C)N(Cc1ccccc1Cl)C(=O)COc1cc(C)c(Cl)c(C)c1. The largest absolute Gasteiger partial charge is 0.484 e. The van der Waals surface area contributed by atoms with Crippen LogP contribution in [0.25, 0.3) is 0 Å². The zero-order valence-corrected chi connectivity index (χ0v) is 20.9. The highest BCUT2D eigenvalue weighted by molar-refractivity contribution is 6.32. The highest BCUT2D eigenvalue weighted by Crippen LogP contribution is 2.26. The maximum atomic E-state index is 13.3. The number of nitrogens with zero attached hydrogens (tertiary/aromatic N) is 1. The van der Waals surface area contributed by atoms with Crippen LogP contribution in [0.1, 0.15) is 43.9 Å². The van der Waals surface area contributed by atoms with Gasteiger partial charge in [0.05, 0.1) is 0 Å². The smallest absolute Gasteiger partial charge is 0.261 e. The molecule has 2 aromatic rings. The summed E-state index contributed by atoms with van der Waals surface area (Å²) in [5.41, 5.74) is 2.53. The van der Waals surface area contributed by atoms with Crippen LogP contribution in [-0.4, -0.2) is 35.9 Å². The Morgan fingerprint density at radius 3 is 2.28 bits per heavy atom. The van der Waals surface area contributed by atoms with Gasteiger partial charge in [0.2, 0.25) is 5.91 Å². The van der Waals surface area contributed by atoms with E-state index in [0.717, 1.165) is 16.7 Å². The monoisotopic (exact) mass is 478 g/mol. The van der Waals surface area contributed by atoms with E-state index in [1.807, 2.05) is 52.8 Å². The minimum atomic E-state index is -0.630. The van der Waals surface area contributed by atoms with E-state index < -0.39 is 6.04 Å². The number of halogens is 2. The molecule has 0 unspecified atom stereocenters. The average Bonchev–Trinajstić information content (AvgIpc) is 2.75. The van der Waals surface area contributed by atoms with Crippen molar-refractivity contribution in [3.8, 4) is 5.75 Å². The molecule has 0 heterocycles. The molecule has 0 aliphatic rings. The molecule has 0 saturated carbocycles. The summed E-state index contributed by atoms with van der Waals surface area (Å²) in [6.45, 7) is 10.3. The van der Waals surface area contributed by atoms with Gasteiger partial charge in [0.1, 0.15) is 11.8 Å². The van der Waals surface area contributed by atoms with E-state index in [1.54, 1.807) is 23.1 Å². The molecule has 2 aromatic carbocycles. The first-order chi connectivity index (χ1) is 15.1. The molecule has 0 bridgehead atoms. The van der Waals surface area contributed by atoms with Gasteiger partial charge in [-0.05, 0) is 61.1 Å². The van der Waals surface area contributed by atoms with Crippen LogP contribution in [-0.2, 0) is 16.1 Å². The highest BCUT2D eigenvalue weighted by atomic mass is 35.5. The molecule has 32 heavy (non-hydrogen) atoms. The average molecular weight is 479 g/mol. The first kappa shape index (κ1) is 26.0. The molecule has 0 saturated heterocycles. The third-order valence-electron chi connectivity index (χ3n) is 5.14. The molecule has 1 atom stereocenters. The molecule has 1 N–H and O–H groups in total. The van der Waals surface area contributed by atoms with Crippen molar-refractivity contribution in [3.63, 3.8) is 0 Å². The Morgan fingerprint density at radius 2 is 1.72 bits per heavy atom. The summed E-state index contributed by atoms with van der Waals surface area (Å²) in [6, 6.07) is 10.3. The number of carbonyl (C=O) groups is 2. The molecule has 0 spiro atoms. The number of carbonyl (C=O) groups excluding carboxylic acids is 2. The lowest BCUT2D eigenvalue weighted by atomic mass is 10.1. The van der Waals surface area contributed by atoms with E-state index in [2.05, 4.69) is 5.32 Å². The maximum Gasteiger partial charge on any atom is 0.261 e. The lowest BCUT2D eigenvalue weighted by Crippen LogP contribution is -2.50. The first-order valence-corrected chi connectivity index (χ1v) is 11.6. The number of nitrogens with one attached hydrogen (secondary N) is 1. The molecule has 174 valence electrons. The highest BCUT2D eigenvalue weighted by Gasteiger charge is 2.29. The van der Waals surface area contributed by atoms with Gasteiger partial charge in [0.15, 0.2) is 6.61 Å². The van der Waals surface area contributed by atoms with E-state index in [1.165, 1.54) is 0 Å². The fourth-order valence-electron chi connectivity index (χ4n) is 3.37. The number of amides is 2. The topological polar surface area (TPSA) is 58.6 Å². The molecule has 0 aliphatic heterocycles. The Morgan fingerprint density at radius 1 is 1.09 bits per heavy atom. The summed E-state index contributed by atoms with van der Waals surface area (Å²) in [4.78, 5) is 27.7. The number of hydrogen-bond donors (Lipinski definition) is 1. The second-order valence-corrected chi connectivity index (χ2v) is 9.12. The fourth-order valence-corrected chi connectivity index (χ4v) is 3.67. The van der Waals surface area contributed by atoms with Crippen LogP contribution in [0.4, 0.5) is 0 Å². The van der Waals surface area contributed by atoms with Gasteiger partial charge in [-0.25, -0.2) is 0 Å². The second kappa shape index (κ2) is 12.1. The Kier molecular flexibility index (Phi) is 9.85. The van der Waals surface area contributed by atoms with Gasteiger partial charge in [-0.3, -0.25) is 9.59 Å². The summed E-state index contributed by atoms with van der Waals surface area (Å²) in [5, 5.41) is 4.17. The lowest BCUT2D eigenvalue weighted by Gasteiger charge is -2.31. The van der Waals surface area contributed by atoms with Crippen molar-refractivity contribution < 1.29 is 14.3 Å². The van der Waals surface area contributed by atoms with Crippen LogP contribution in [0.2, 0.25) is 10.0 Å². The predicted octanol–water partition coefficient (Wildman–Crippen LogP) is 5.57. The van der Waals surface area contributed by atoms with Gasteiger partial charge >= 0.3 is 0 Å². The molecule has 0 aromatic heterocycles. The van der Waals surface area contributed by atoms with Crippen molar-refractivity contribution in [3.05, 3.63) is 63.1 Å². The van der Waals surface area contributed by atoms with Crippen molar-refractivity contribution in [2.45, 2.75) is 53.6 Å². The number of ether oxygens (including phenoxy) is 1. The Hall–Kier alpha value is -2.24. The Bertz CT molecular complexity index is 924. The third-order valence-corrected chi connectivity index (χ3v) is 6.11. The van der Waals surface area contributed by atoms with E-state index in [4.69, 9.17) is 27.9 Å². The van der Waals surface area contributed by atoms with Crippen LogP contribution in [0.5, 0.6) is 5.75 Å². The minimum absolute atomic E-state index is 0.181. The quantitative estimate of drug-likeness (QED) is 0.485. The van der Waals surface area contributed by atoms with E-state index in [9.17, 15) is 9.59 Å². The van der Waals surface area contributed by atoms with Gasteiger partial charge in [-0.15, -0.1) is 0 Å². The predicted molar refractivity (Wildman–Crippen MR) is 130 cm³/mol. The van der Waals surface area contributed by atoms with Crippen LogP contribution in [0, 0.1) is 19.8 Å². The number of aryl methyl sites for hydroxylation is 2. The normalized spacial score (nSPS) is 11.9. The first-order valence-electron chi connectivity index (χ1n) is 10.8. The number of hydrogen-bond acceptors (Lipinski definition) is 3. The number of benzene rings is 2. The summed E-state index contributed by atoms with van der Waals surface area (Å²) < 4.78 is 5.79. The molecular formula is C25H32Cl2N2O3. The van der Waals surface area contributed by atoms with Crippen LogP contribution < -0.4 is 10.1 Å². The Balaban J connectivity index is 2.24. The molecule has 2 rings (SSSR count). The molecule has 0 fully saturated rings. The lowest BCUT2D eigenvalue weighted by molar-refractivity contribution is -0.143. The van der Waals surface area contributed by atoms with E-state index >= 15 is 0 Å². The molecule has 5 nitrogen and oxygen atoms in total. The number of rotatable bonds is 10. The molecule has 0 aliphatic carbocycles. The van der Waals surface area contributed by atoms with Crippen LogP contribution >= 0.6 is 23.2 Å². The summed E-state index contributed by atoms with van der Waals surface area (Å²) in [5.74, 6) is 0.401. The van der Waals surface area contributed by atoms with Crippen LogP contribution in [0.3, 0.4) is 0 Å². The van der Waals surface area contributed by atoms with Gasteiger partial charge in [-0.1, -0.05) is 62.2 Å². The van der Waals surface area contributed by atoms with E-state index in [-0.39, 0.29) is 25.0 Å².